The van der Waals surface area contributed by atoms with Crippen LogP contribution in [0.15, 0.2) is 66.7 Å². The van der Waals surface area contributed by atoms with E-state index in [1.54, 1.807) is 12.1 Å². The number of rotatable bonds is 17. The molecule has 5 aliphatic carbocycles. The third-order valence-electron chi connectivity index (χ3n) is 19.8. The molecular weight excluding hydrogens is 897 g/mol. The van der Waals surface area contributed by atoms with Crippen molar-refractivity contribution in [2.45, 2.75) is 150 Å². The third kappa shape index (κ3) is 9.51. The van der Waals surface area contributed by atoms with Crippen molar-refractivity contribution in [3.63, 3.8) is 0 Å². The van der Waals surface area contributed by atoms with Gasteiger partial charge in [-0.1, -0.05) is 65.7 Å². The second-order valence-electron chi connectivity index (χ2n) is 24.5. The summed E-state index contributed by atoms with van der Waals surface area (Å²) in [5.74, 6) is 10.6. The maximum atomic E-state index is 13.4. The SMILES string of the molecule is Cc1cc(OCCCCCCOc2ccc(C#Cc3ccc(OC4CCC5(C)C(CCC6C5CCC5(C)C(C(C)CCCC(C)C)CCC65)C4)cc3)cc2)cc(N2C(=O)C3C4C(=O)N(C)C(=O)C4C3C2=O)c1. The van der Waals surface area contributed by atoms with Gasteiger partial charge >= 0.3 is 0 Å². The lowest BCUT2D eigenvalue weighted by atomic mass is 9.44. The van der Waals surface area contributed by atoms with Crippen molar-refractivity contribution in [1.82, 2.24) is 4.90 Å². The molecule has 5 saturated carbocycles. The Morgan fingerprint density at radius 1 is 0.611 bits per heavy atom. The van der Waals surface area contributed by atoms with Gasteiger partial charge in [-0.15, -0.1) is 0 Å². The first-order valence-corrected chi connectivity index (χ1v) is 28.1. The van der Waals surface area contributed by atoms with Crippen LogP contribution in [0.1, 0.15) is 154 Å². The molecule has 0 spiro atoms. The van der Waals surface area contributed by atoms with E-state index >= 15 is 0 Å². The summed E-state index contributed by atoms with van der Waals surface area (Å²) in [7, 11) is 1.42. The first-order valence-electron chi connectivity index (χ1n) is 28.1. The van der Waals surface area contributed by atoms with Crippen molar-refractivity contribution in [2.75, 3.05) is 25.2 Å². The maximum absolute atomic E-state index is 13.4. The van der Waals surface area contributed by atoms with E-state index in [1.807, 2.05) is 37.3 Å². The summed E-state index contributed by atoms with van der Waals surface area (Å²) in [6, 6.07) is 21.7. The average molecular weight is 977 g/mol. The first kappa shape index (κ1) is 50.4. The molecule has 0 N–H and O–H groups in total. The Kier molecular flexibility index (Phi) is 14.5. The molecule has 2 aliphatic heterocycles. The van der Waals surface area contributed by atoms with Crippen LogP contribution in [0.4, 0.5) is 5.69 Å². The van der Waals surface area contributed by atoms with E-state index in [0.717, 1.165) is 105 Å². The summed E-state index contributed by atoms with van der Waals surface area (Å²) in [5.41, 5.74) is 4.21. The van der Waals surface area contributed by atoms with Crippen LogP contribution in [-0.2, 0) is 19.2 Å². The summed E-state index contributed by atoms with van der Waals surface area (Å²) < 4.78 is 18.8. The van der Waals surface area contributed by atoms with Crippen LogP contribution >= 0.6 is 0 Å². The zero-order valence-electron chi connectivity index (χ0n) is 44.3. The standard InChI is InChI=1S/C63H80N2O7/c1-39(2)13-12-14-41(4)51-27-28-52-50-26-21-44-37-48(29-31-62(44,5)53(50)30-32-63(51,52)6)72-47-24-19-43(20-25-47)16-15-42-17-22-46(23-18-42)70-33-10-8-9-11-34-71-49-36-40(3)35-45(38-49)65-60(68)56-54-55(57(56)61(65)69)59(67)64(7)58(54)66/h17-20,22-25,35-36,38-39,41,44,48,50-57H,8-14,21,26-34,37H2,1-7H3. The number of carbonyl (C=O) groups is 4. The molecule has 13 unspecified atom stereocenters. The second kappa shape index (κ2) is 20.7. The van der Waals surface area contributed by atoms with Crippen LogP contribution in [-0.4, -0.2) is 54.9 Å². The largest absolute Gasteiger partial charge is 0.494 e. The van der Waals surface area contributed by atoms with Crippen LogP contribution in [0, 0.1) is 94.7 Å². The molecule has 9 nitrogen and oxygen atoms in total. The summed E-state index contributed by atoms with van der Waals surface area (Å²) in [6.07, 6.45) is 20.6. The molecule has 0 bridgehead atoms. The molecule has 7 aliphatic rings. The van der Waals surface area contributed by atoms with Crippen LogP contribution < -0.4 is 19.1 Å². The monoisotopic (exact) mass is 977 g/mol. The van der Waals surface area contributed by atoms with E-state index in [2.05, 4.69) is 70.7 Å². The van der Waals surface area contributed by atoms with Gasteiger partial charge in [-0.3, -0.25) is 24.1 Å². The van der Waals surface area contributed by atoms with Gasteiger partial charge in [0.2, 0.25) is 23.6 Å². The molecule has 3 aromatic rings. The Balaban J connectivity index is 0.620. The van der Waals surface area contributed by atoms with Gasteiger partial charge in [-0.25, -0.2) is 4.90 Å². The maximum Gasteiger partial charge on any atom is 0.238 e. The molecule has 0 radical (unpaired) electrons. The minimum atomic E-state index is -0.770. The highest BCUT2D eigenvalue weighted by Crippen LogP contribution is 2.68. The first-order chi connectivity index (χ1) is 34.6. The molecule has 7 fully saturated rings. The van der Waals surface area contributed by atoms with Crippen molar-refractivity contribution < 1.29 is 33.4 Å². The molecule has 10 rings (SSSR count). The number of carbonyl (C=O) groups excluding carboxylic acids is 4. The Hall–Kier alpha value is -5.10. The van der Waals surface area contributed by atoms with Crippen LogP contribution in [0.3, 0.4) is 0 Å². The van der Waals surface area contributed by atoms with E-state index in [4.69, 9.17) is 14.2 Å². The molecule has 3 aromatic carbocycles. The molecule has 384 valence electrons. The lowest BCUT2D eigenvalue weighted by Gasteiger charge is -2.61. The van der Waals surface area contributed by atoms with Gasteiger partial charge < -0.3 is 14.2 Å². The molecule has 2 saturated heterocycles. The van der Waals surface area contributed by atoms with Gasteiger partial charge in [-0.05, 0) is 209 Å². The van der Waals surface area contributed by atoms with Gasteiger partial charge in [0, 0.05) is 24.2 Å². The quantitative estimate of drug-likeness (QED) is 0.0754. The minimum Gasteiger partial charge on any atom is -0.494 e. The van der Waals surface area contributed by atoms with Crippen molar-refractivity contribution >= 4 is 29.3 Å². The van der Waals surface area contributed by atoms with Crippen molar-refractivity contribution in [3.05, 3.63) is 83.4 Å². The predicted octanol–water partition coefficient (Wildman–Crippen LogP) is 12.6. The lowest BCUT2D eigenvalue weighted by Crippen LogP contribution is -2.54. The van der Waals surface area contributed by atoms with Gasteiger partial charge in [0.25, 0.3) is 0 Å². The van der Waals surface area contributed by atoms with E-state index in [9.17, 15) is 19.2 Å². The van der Waals surface area contributed by atoms with E-state index in [0.29, 0.717) is 41.6 Å². The smallest absolute Gasteiger partial charge is 0.238 e. The second-order valence-corrected chi connectivity index (χ2v) is 24.5. The highest BCUT2D eigenvalue weighted by molar-refractivity contribution is 6.27. The highest BCUT2D eigenvalue weighted by atomic mass is 16.5. The zero-order valence-corrected chi connectivity index (χ0v) is 44.3. The number of nitrogens with zero attached hydrogens (tertiary/aromatic N) is 2. The van der Waals surface area contributed by atoms with Crippen LogP contribution in [0.2, 0.25) is 0 Å². The number of ether oxygens (including phenoxy) is 3. The summed E-state index contributed by atoms with van der Waals surface area (Å²) in [5, 5.41) is 0. The number of unbranched alkanes of at least 4 members (excludes halogenated alkanes) is 3. The minimum absolute atomic E-state index is 0.297. The number of amides is 4. The lowest BCUT2D eigenvalue weighted by molar-refractivity contribution is -0.146. The average Bonchev–Trinajstić information content (AvgIpc) is 3.87. The number of imide groups is 2. The number of hydrogen-bond acceptors (Lipinski definition) is 7. The van der Waals surface area contributed by atoms with E-state index in [-0.39, 0.29) is 11.8 Å². The van der Waals surface area contributed by atoms with Crippen LogP contribution in [0.25, 0.3) is 0 Å². The van der Waals surface area contributed by atoms with Gasteiger partial charge in [-0.2, -0.15) is 0 Å². The fourth-order valence-electron chi connectivity index (χ4n) is 16.0. The molecule has 0 aromatic heterocycles. The molecule has 2 heterocycles. The zero-order chi connectivity index (χ0) is 50.5. The number of benzene rings is 3. The topological polar surface area (TPSA) is 102 Å². The fraction of sp³-hybridized carbons (Fsp3) is 0.619. The van der Waals surface area contributed by atoms with Gasteiger partial charge in [0.15, 0.2) is 0 Å². The third-order valence-corrected chi connectivity index (χ3v) is 19.8. The number of likely N-dealkylation sites (tertiary alicyclic amines) is 1. The molecule has 9 heteroatoms. The molecule has 72 heavy (non-hydrogen) atoms. The van der Waals surface area contributed by atoms with Crippen molar-refractivity contribution in [2.24, 2.45) is 75.9 Å². The molecule has 4 amide bonds. The van der Waals surface area contributed by atoms with Crippen molar-refractivity contribution in [3.8, 4) is 29.1 Å². The summed E-state index contributed by atoms with van der Waals surface area (Å²) >= 11 is 0. The normalized spacial score (nSPS) is 32.8. The van der Waals surface area contributed by atoms with Crippen LogP contribution in [0.5, 0.6) is 17.2 Å². The van der Waals surface area contributed by atoms with Gasteiger partial charge in [0.1, 0.15) is 17.2 Å². The van der Waals surface area contributed by atoms with Crippen molar-refractivity contribution in [1.29, 1.82) is 0 Å². The fourth-order valence-corrected chi connectivity index (χ4v) is 16.0. The van der Waals surface area contributed by atoms with E-state index < -0.39 is 35.5 Å². The summed E-state index contributed by atoms with van der Waals surface area (Å²) in [4.78, 5) is 54.2. The molecular formula is C63H80N2O7. The highest BCUT2D eigenvalue weighted by Gasteiger charge is 2.73. The Morgan fingerprint density at radius 3 is 1.83 bits per heavy atom. The number of hydrogen-bond donors (Lipinski definition) is 0. The van der Waals surface area contributed by atoms with E-state index in [1.165, 1.54) is 84.1 Å². The van der Waals surface area contributed by atoms with Gasteiger partial charge in [0.05, 0.1) is 48.7 Å². The summed E-state index contributed by atoms with van der Waals surface area (Å²) in [6.45, 7) is 15.8. The molecule has 13 atom stereocenters. The number of anilines is 1. The Morgan fingerprint density at radius 2 is 1.19 bits per heavy atom. The Labute approximate surface area is 429 Å². The number of aryl methyl sites for hydroxylation is 1. The Bertz CT molecular complexity index is 2520. The number of fused-ring (bicyclic) bond motifs is 9. The predicted molar refractivity (Wildman–Crippen MR) is 281 cm³/mol.